The lowest BCUT2D eigenvalue weighted by Gasteiger charge is -2.37. The lowest BCUT2D eigenvalue weighted by Crippen LogP contribution is -2.56. The predicted molar refractivity (Wildman–Crippen MR) is 65.5 cm³/mol. The van der Waals surface area contributed by atoms with Gasteiger partial charge in [-0.15, -0.1) is 0 Å². The third kappa shape index (κ3) is 3.43. The van der Waals surface area contributed by atoms with Crippen molar-refractivity contribution in [1.29, 1.82) is 0 Å². The molecule has 9 heteroatoms. The van der Waals surface area contributed by atoms with Crippen LogP contribution in [0.25, 0.3) is 0 Å². The Hall–Kier alpha value is -1.42. The predicted octanol–water partition coefficient (Wildman–Crippen LogP) is -0.00620. The first-order chi connectivity index (χ1) is 9.84. The van der Waals surface area contributed by atoms with Crippen molar-refractivity contribution < 1.29 is 33.2 Å². The Bertz CT molecular complexity index is 486. The molecule has 4 N–H and O–H groups in total. The molecule has 1 aromatic rings. The highest BCUT2D eigenvalue weighted by Gasteiger charge is 2.40. The van der Waals surface area contributed by atoms with Crippen molar-refractivity contribution in [2.24, 2.45) is 0 Å². The van der Waals surface area contributed by atoms with E-state index < -0.39 is 48.5 Å². The first-order valence-electron chi connectivity index (χ1n) is 6.22. The minimum atomic E-state index is -4.59. The zero-order valence-corrected chi connectivity index (χ0v) is 10.8. The molecule has 0 saturated carbocycles. The van der Waals surface area contributed by atoms with Crippen LogP contribution in [-0.2, 0) is 10.9 Å². The van der Waals surface area contributed by atoms with Crippen molar-refractivity contribution in [2.45, 2.75) is 30.5 Å². The van der Waals surface area contributed by atoms with Crippen molar-refractivity contribution >= 4 is 5.82 Å². The number of nitrogens with one attached hydrogen (secondary N) is 1. The fraction of sp³-hybridized carbons (Fsp3) is 0.583. The van der Waals surface area contributed by atoms with Crippen LogP contribution < -0.4 is 5.32 Å². The van der Waals surface area contributed by atoms with Crippen LogP contribution >= 0.6 is 0 Å². The van der Waals surface area contributed by atoms with Gasteiger partial charge in [0.15, 0.2) is 0 Å². The summed E-state index contributed by atoms with van der Waals surface area (Å²) in [6.45, 7) is -0.667. The largest absolute Gasteiger partial charge is 0.419 e. The Balaban J connectivity index is 2.16. The molecule has 1 aliphatic rings. The van der Waals surface area contributed by atoms with E-state index in [1.54, 1.807) is 0 Å². The van der Waals surface area contributed by atoms with Crippen LogP contribution in [0.1, 0.15) is 5.56 Å². The summed E-state index contributed by atoms with van der Waals surface area (Å²) in [6.07, 6.45) is -7.17. The Labute approximate surface area is 118 Å². The number of anilines is 1. The van der Waals surface area contributed by atoms with E-state index in [4.69, 9.17) is 9.84 Å². The molecule has 118 valence electrons. The fourth-order valence-electron chi connectivity index (χ4n) is 2.09. The van der Waals surface area contributed by atoms with Crippen molar-refractivity contribution in [3.05, 3.63) is 23.9 Å². The molecule has 1 unspecified atom stereocenters. The van der Waals surface area contributed by atoms with E-state index in [1.165, 1.54) is 6.20 Å². The van der Waals surface area contributed by atoms with Gasteiger partial charge in [0.05, 0.1) is 24.8 Å². The zero-order valence-electron chi connectivity index (χ0n) is 10.8. The Morgan fingerprint density at radius 3 is 2.67 bits per heavy atom. The monoisotopic (exact) mass is 308 g/mol. The molecule has 0 amide bonds. The minimum Gasteiger partial charge on any atom is -0.394 e. The maximum Gasteiger partial charge on any atom is 0.419 e. The van der Waals surface area contributed by atoms with E-state index in [0.717, 1.165) is 12.1 Å². The van der Waals surface area contributed by atoms with Gasteiger partial charge in [0.2, 0.25) is 0 Å². The number of pyridine rings is 1. The number of alkyl halides is 3. The summed E-state index contributed by atoms with van der Waals surface area (Å²) in [4.78, 5) is 3.61. The second kappa shape index (κ2) is 6.14. The van der Waals surface area contributed by atoms with Gasteiger partial charge in [-0.3, -0.25) is 0 Å². The molecular formula is C12H15F3N2O4. The van der Waals surface area contributed by atoms with Crippen molar-refractivity contribution in [3.8, 4) is 0 Å². The first kappa shape index (κ1) is 16.0. The van der Waals surface area contributed by atoms with Gasteiger partial charge >= 0.3 is 6.18 Å². The summed E-state index contributed by atoms with van der Waals surface area (Å²) >= 11 is 0. The number of aliphatic hydroxyl groups excluding tert-OH is 3. The highest BCUT2D eigenvalue weighted by molar-refractivity contribution is 5.46. The number of aromatic nitrogens is 1. The van der Waals surface area contributed by atoms with E-state index in [0.29, 0.717) is 0 Å². The van der Waals surface area contributed by atoms with Crippen molar-refractivity contribution in [3.63, 3.8) is 0 Å². The van der Waals surface area contributed by atoms with E-state index in [9.17, 15) is 23.4 Å². The van der Waals surface area contributed by atoms with Gasteiger partial charge in [-0.05, 0) is 12.1 Å². The van der Waals surface area contributed by atoms with Crippen molar-refractivity contribution in [2.75, 3.05) is 18.5 Å². The molecule has 2 rings (SSSR count). The smallest absolute Gasteiger partial charge is 0.394 e. The summed E-state index contributed by atoms with van der Waals surface area (Å²) in [7, 11) is 0. The number of hydrogen-bond donors (Lipinski definition) is 4. The average Bonchev–Trinajstić information content (AvgIpc) is 2.44. The van der Waals surface area contributed by atoms with Gasteiger partial charge in [-0.1, -0.05) is 0 Å². The molecule has 0 aliphatic carbocycles. The van der Waals surface area contributed by atoms with Crippen LogP contribution in [0.3, 0.4) is 0 Å². The van der Waals surface area contributed by atoms with Crippen LogP contribution in [-0.4, -0.2) is 57.9 Å². The normalized spacial score (nSPS) is 30.2. The molecule has 1 aliphatic heterocycles. The van der Waals surface area contributed by atoms with E-state index in [-0.39, 0.29) is 6.61 Å². The maximum absolute atomic E-state index is 12.8. The van der Waals surface area contributed by atoms with E-state index in [2.05, 4.69) is 10.3 Å². The molecule has 4 atom stereocenters. The third-order valence-electron chi connectivity index (χ3n) is 3.25. The minimum absolute atomic E-state index is 0.169. The Morgan fingerprint density at radius 2 is 2.05 bits per heavy atom. The van der Waals surface area contributed by atoms with E-state index >= 15 is 0 Å². The molecule has 0 aromatic carbocycles. The average molecular weight is 308 g/mol. The summed E-state index contributed by atoms with van der Waals surface area (Å²) in [5, 5.41) is 30.9. The highest BCUT2D eigenvalue weighted by Crippen LogP contribution is 2.34. The van der Waals surface area contributed by atoms with Crippen LogP contribution in [0.2, 0.25) is 0 Å². The Morgan fingerprint density at radius 1 is 1.33 bits per heavy atom. The standard InChI is InChI=1S/C12H15F3N2O4/c13-12(14,15)6-2-1-3-16-11(6)17-7-5-21-8(4-18)10(20)9(7)19/h1-3,7-10,18-20H,4-5H2,(H,16,17)/t7-,8-,9-,10?/m1/s1. The molecule has 0 radical (unpaired) electrons. The molecule has 1 aromatic heterocycles. The van der Waals surface area contributed by atoms with Gasteiger partial charge in [0, 0.05) is 6.20 Å². The van der Waals surface area contributed by atoms with Crippen molar-refractivity contribution in [1.82, 2.24) is 4.98 Å². The SMILES string of the molecule is OC[C@H]1OC[C@@H](Nc2ncccc2C(F)(F)F)[C@@H](O)C1O. The lowest BCUT2D eigenvalue weighted by atomic mass is 9.98. The number of ether oxygens (including phenoxy) is 1. The van der Waals surface area contributed by atoms with Crippen LogP contribution in [0.5, 0.6) is 0 Å². The van der Waals surface area contributed by atoms with Crippen LogP contribution in [0.15, 0.2) is 18.3 Å². The maximum atomic E-state index is 12.8. The molecule has 6 nitrogen and oxygen atoms in total. The molecule has 0 spiro atoms. The Kier molecular flexibility index (Phi) is 4.67. The van der Waals surface area contributed by atoms with Gasteiger partial charge in [0.25, 0.3) is 0 Å². The second-order valence-electron chi connectivity index (χ2n) is 4.68. The molecule has 1 saturated heterocycles. The molecule has 2 heterocycles. The lowest BCUT2D eigenvalue weighted by molar-refractivity contribution is -0.153. The quantitative estimate of drug-likeness (QED) is 0.628. The molecular weight excluding hydrogens is 293 g/mol. The zero-order chi connectivity index (χ0) is 15.6. The molecule has 0 bridgehead atoms. The summed E-state index contributed by atoms with van der Waals surface area (Å²) < 4.78 is 43.6. The number of hydrogen-bond acceptors (Lipinski definition) is 6. The van der Waals surface area contributed by atoms with E-state index in [1.807, 2.05) is 0 Å². The number of aliphatic hydroxyl groups is 3. The van der Waals surface area contributed by atoms with Gasteiger partial charge in [-0.2, -0.15) is 13.2 Å². The summed E-state index contributed by atoms with van der Waals surface area (Å²) in [5.74, 6) is -0.452. The fourth-order valence-corrected chi connectivity index (χ4v) is 2.09. The highest BCUT2D eigenvalue weighted by atomic mass is 19.4. The number of halogens is 3. The topological polar surface area (TPSA) is 94.8 Å². The first-order valence-corrected chi connectivity index (χ1v) is 6.22. The van der Waals surface area contributed by atoms with Gasteiger partial charge < -0.3 is 25.4 Å². The van der Waals surface area contributed by atoms with Crippen LogP contribution in [0, 0.1) is 0 Å². The molecule has 1 fully saturated rings. The summed E-state index contributed by atoms with van der Waals surface area (Å²) in [5.41, 5.74) is -0.976. The summed E-state index contributed by atoms with van der Waals surface area (Å²) in [6, 6.07) is 1.04. The van der Waals surface area contributed by atoms with Crippen LogP contribution in [0.4, 0.5) is 19.0 Å². The van der Waals surface area contributed by atoms with Gasteiger partial charge in [-0.25, -0.2) is 4.98 Å². The number of rotatable bonds is 3. The number of nitrogens with zero attached hydrogens (tertiary/aromatic N) is 1. The molecule has 21 heavy (non-hydrogen) atoms. The second-order valence-corrected chi connectivity index (χ2v) is 4.68. The third-order valence-corrected chi connectivity index (χ3v) is 3.25. The van der Waals surface area contributed by atoms with Gasteiger partial charge in [0.1, 0.15) is 24.1 Å².